The van der Waals surface area contributed by atoms with Gasteiger partial charge in [0.1, 0.15) is 18.0 Å². The van der Waals surface area contributed by atoms with E-state index in [2.05, 4.69) is 5.10 Å². The number of rotatable bonds is 5. The number of carbonyl (C=O) groups is 1. The van der Waals surface area contributed by atoms with E-state index in [0.717, 1.165) is 22.4 Å². The number of nitrogens with zero attached hydrogens (tertiary/aromatic N) is 4. The summed E-state index contributed by atoms with van der Waals surface area (Å²) in [5.74, 6) is -0.462. The molecule has 0 aliphatic carbocycles. The number of anilines is 1. The van der Waals surface area contributed by atoms with E-state index in [-0.39, 0.29) is 24.8 Å². The molecule has 2 aliphatic rings. The highest BCUT2D eigenvalue weighted by Gasteiger charge is 2.59. The number of halogens is 2. The van der Waals surface area contributed by atoms with Gasteiger partial charge in [-0.25, -0.2) is 8.78 Å². The normalized spacial score (nSPS) is 20.6. The van der Waals surface area contributed by atoms with Crippen LogP contribution >= 0.6 is 0 Å². The Kier molecular flexibility index (Phi) is 4.43. The van der Waals surface area contributed by atoms with Crippen LogP contribution < -0.4 is 4.90 Å². The molecule has 5 nitrogen and oxygen atoms in total. The highest BCUT2D eigenvalue weighted by Crippen LogP contribution is 2.51. The zero-order valence-electron chi connectivity index (χ0n) is 16.7. The Hall–Kier alpha value is -3.06. The molecule has 1 aromatic heterocycles. The van der Waals surface area contributed by atoms with Gasteiger partial charge in [0.15, 0.2) is 0 Å². The predicted octanol–water partition coefficient (Wildman–Crippen LogP) is 3.64. The van der Waals surface area contributed by atoms with Crippen molar-refractivity contribution in [3.63, 3.8) is 0 Å². The van der Waals surface area contributed by atoms with E-state index >= 15 is 0 Å². The SMILES string of the molecule is Cn1cc(-c2ccc(CN3C(=O)C4(CCN4CCF)c4ccccc43)c(F)c2)cn1. The van der Waals surface area contributed by atoms with Gasteiger partial charge in [-0.15, -0.1) is 0 Å². The van der Waals surface area contributed by atoms with Gasteiger partial charge in [-0.1, -0.05) is 30.3 Å². The van der Waals surface area contributed by atoms with E-state index in [9.17, 15) is 13.6 Å². The molecular formula is C23H22F2N4O. The van der Waals surface area contributed by atoms with Crippen molar-refractivity contribution in [2.24, 2.45) is 7.05 Å². The highest BCUT2D eigenvalue weighted by atomic mass is 19.1. The number of amides is 1. The number of likely N-dealkylation sites (tertiary alicyclic amines) is 1. The number of hydrogen-bond donors (Lipinski definition) is 0. The standard InChI is InChI=1S/C23H22F2N4O/c1-27-14-18(13-26-27)16-6-7-17(20(25)12-16)15-29-21-5-3-2-4-19(21)23(22(29)30)8-10-28(23)11-9-24/h2-7,12-14H,8-11,15H2,1H3. The number of hydrogen-bond acceptors (Lipinski definition) is 3. The number of aryl methyl sites for hydroxylation is 1. The summed E-state index contributed by atoms with van der Waals surface area (Å²) in [4.78, 5) is 17.0. The highest BCUT2D eigenvalue weighted by molar-refractivity contribution is 6.08. The van der Waals surface area contributed by atoms with Crippen LogP contribution in [0.5, 0.6) is 0 Å². The Bertz CT molecular complexity index is 1130. The third kappa shape index (κ3) is 2.69. The van der Waals surface area contributed by atoms with E-state index in [1.54, 1.807) is 21.8 Å². The summed E-state index contributed by atoms with van der Waals surface area (Å²) in [6, 6.07) is 12.6. The summed E-state index contributed by atoms with van der Waals surface area (Å²) in [6.45, 7) is 0.552. The molecule has 1 amide bonds. The molecule has 0 saturated carbocycles. The molecule has 3 aromatic rings. The van der Waals surface area contributed by atoms with Crippen LogP contribution in [0.2, 0.25) is 0 Å². The molecule has 30 heavy (non-hydrogen) atoms. The smallest absolute Gasteiger partial charge is 0.252 e. The molecule has 2 aliphatic heterocycles. The lowest BCUT2D eigenvalue weighted by molar-refractivity contribution is -0.139. The van der Waals surface area contributed by atoms with Crippen LogP contribution in [0.4, 0.5) is 14.5 Å². The molecular weight excluding hydrogens is 386 g/mol. The number of aromatic nitrogens is 2. The van der Waals surface area contributed by atoms with Gasteiger partial charge >= 0.3 is 0 Å². The predicted molar refractivity (Wildman–Crippen MR) is 110 cm³/mol. The quantitative estimate of drug-likeness (QED) is 0.647. The van der Waals surface area contributed by atoms with Crippen molar-refractivity contribution in [1.29, 1.82) is 0 Å². The first kappa shape index (κ1) is 18.9. The summed E-state index contributed by atoms with van der Waals surface area (Å²) in [5.41, 5.74) is 2.88. The van der Waals surface area contributed by atoms with Crippen LogP contribution in [-0.2, 0) is 23.9 Å². The maximum absolute atomic E-state index is 15.0. The molecule has 1 saturated heterocycles. The summed E-state index contributed by atoms with van der Waals surface area (Å²) < 4.78 is 29.7. The molecule has 0 N–H and O–H groups in total. The lowest BCUT2D eigenvalue weighted by Crippen LogP contribution is -2.62. The largest absolute Gasteiger partial charge is 0.306 e. The first-order valence-corrected chi connectivity index (χ1v) is 10.0. The average molecular weight is 408 g/mol. The third-order valence-corrected chi connectivity index (χ3v) is 6.30. The molecule has 1 unspecified atom stereocenters. The van der Waals surface area contributed by atoms with E-state index < -0.39 is 12.2 Å². The minimum atomic E-state index is -0.811. The maximum atomic E-state index is 15.0. The van der Waals surface area contributed by atoms with Gasteiger partial charge in [-0.05, 0) is 24.1 Å². The monoisotopic (exact) mass is 408 g/mol. The Labute approximate surface area is 173 Å². The third-order valence-electron chi connectivity index (χ3n) is 6.30. The fraction of sp³-hybridized carbons (Fsp3) is 0.304. The first-order chi connectivity index (χ1) is 14.5. The second kappa shape index (κ2) is 7.02. The van der Waals surface area contributed by atoms with E-state index in [0.29, 0.717) is 18.5 Å². The molecule has 1 atom stereocenters. The van der Waals surface area contributed by atoms with Crippen LogP contribution in [0.15, 0.2) is 54.9 Å². The number of benzene rings is 2. The fourth-order valence-electron chi connectivity index (χ4n) is 4.70. The van der Waals surface area contributed by atoms with Crippen molar-refractivity contribution >= 4 is 11.6 Å². The van der Waals surface area contributed by atoms with Gasteiger partial charge in [0.25, 0.3) is 5.91 Å². The summed E-state index contributed by atoms with van der Waals surface area (Å²) in [6.07, 6.45) is 4.17. The molecule has 0 bridgehead atoms. The molecule has 0 radical (unpaired) electrons. The van der Waals surface area contributed by atoms with Gasteiger partial charge in [0.2, 0.25) is 0 Å². The van der Waals surface area contributed by atoms with Crippen LogP contribution in [0.25, 0.3) is 11.1 Å². The molecule has 2 aromatic carbocycles. The zero-order valence-corrected chi connectivity index (χ0v) is 16.7. The second-order valence-corrected chi connectivity index (χ2v) is 7.90. The zero-order chi connectivity index (χ0) is 20.9. The van der Waals surface area contributed by atoms with Crippen molar-refractivity contribution in [3.8, 4) is 11.1 Å². The van der Waals surface area contributed by atoms with E-state index in [1.807, 2.05) is 48.5 Å². The second-order valence-electron chi connectivity index (χ2n) is 7.90. The number of alkyl halides is 1. The lowest BCUT2D eigenvalue weighted by atomic mass is 9.79. The minimum Gasteiger partial charge on any atom is -0.306 e. The minimum absolute atomic E-state index is 0.0980. The summed E-state index contributed by atoms with van der Waals surface area (Å²) in [5, 5.41) is 4.13. The van der Waals surface area contributed by atoms with Crippen molar-refractivity contribution in [2.45, 2.75) is 18.5 Å². The van der Waals surface area contributed by atoms with Crippen LogP contribution in [0, 0.1) is 5.82 Å². The Morgan fingerprint density at radius 3 is 2.67 bits per heavy atom. The number of para-hydroxylation sites is 1. The van der Waals surface area contributed by atoms with Crippen LogP contribution in [0.3, 0.4) is 0 Å². The number of carbonyl (C=O) groups excluding carboxylic acids is 1. The molecule has 3 heterocycles. The van der Waals surface area contributed by atoms with Crippen molar-refractivity contribution in [2.75, 3.05) is 24.7 Å². The van der Waals surface area contributed by atoms with Gasteiger partial charge in [0, 0.05) is 48.7 Å². The molecule has 7 heteroatoms. The Morgan fingerprint density at radius 1 is 1.17 bits per heavy atom. The van der Waals surface area contributed by atoms with Crippen LogP contribution in [-0.4, -0.2) is 40.4 Å². The van der Waals surface area contributed by atoms with Crippen LogP contribution in [0.1, 0.15) is 17.5 Å². The molecule has 154 valence electrons. The molecule has 1 spiro atoms. The Balaban J connectivity index is 1.47. The average Bonchev–Trinajstić information content (AvgIpc) is 3.27. The lowest BCUT2D eigenvalue weighted by Gasteiger charge is -2.49. The first-order valence-electron chi connectivity index (χ1n) is 10.0. The van der Waals surface area contributed by atoms with E-state index in [1.165, 1.54) is 6.07 Å². The van der Waals surface area contributed by atoms with Gasteiger partial charge in [-0.3, -0.25) is 14.4 Å². The molecule has 5 rings (SSSR count). The van der Waals surface area contributed by atoms with E-state index in [4.69, 9.17) is 0 Å². The van der Waals surface area contributed by atoms with Gasteiger partial charge < -0.3 is 4.90 Å². The summed E-state index contributed by atoms with van der Waals surface area (Å²) in [7, 11) is 1.81. The van der Waals surface area contributed by atoms with Gasteiger partial charge in [0.05, 0.1) is 12.7 Å². The Morgan fingerprint density at radius 2 is 2.00 bits per heavy atom. The maximum Gasteiger partial charge on any atom is 0.252 e. The molecule has 1 fully saturated rings. The van der Waals surface area contributed by atoms with Crippen molar-refractivity contribution in [3.05, 3.63) is 71.8 Å². The topological polar surface area (TPSA) is 41.4 Å². The van der Waals surface area contributed by atoms with Crippen molar-refractivity contribution in [1.82, 2.24) is 14.7 Å². The summed E-state index contributed by atoms with van der Waals surface area (Å²) >= 11 is 0. The number of fused-ring (bicyclic) bond motifs is 2. The van der Waals surface area contributed by atoms with Gasteiger partial charge in [-0.2, -0.15) is 5.10 Å². The van der Waals surface area contributed by atoms with Crippen molar-refractivity contribution < 1.29 is 13.6 Å². The fourth-order valence-corrected chi connectivity index (χ4v) is 4.70.